The van der Waals surface area contributed by atoms with Crippen molar-refractivity contribution in [2.75, 3.05) is 0 Å². The van der Waals surface area contributed by atoms with E-state index in [1.807, 2.05) is 41.8 Å². The Morgan fingerprint density at radius 3 is 2.62 bits per heavy atom. The fourth-order valence-electron chi connectivity index (χ4n) is 2.37. The number of nitrogens with one attached hydrogen (secondary N) is 1. The molecular formula is C17H15Cl2N3OS. The Labute approximate surface area is 155 Å². The normalized spacial score (nSPS) is 12.1. The van der Waals surface area contributed by atoms with Crippen molar-refractivity contribution in [3.8, 4) is 5.75 Å². The molecule has 1 atom stereocenters. The Morgan fingerprint density at radius 2 is 1.92 bits per heavy atom. The lowest BCUT2D eigenvalue weighted by atomic mass is 10.2. The first-order chi connectivity index (χ1) is 11.5. The quantitative estimate of drug-likeness (QED) is 0.600. The summed E-state index contributed by atoms with van der Waals surface area (Å²) in [7, 11) is 0. The summed E-state index contributed by atoms with van der Waals surface area (Å²) < 4.78 is 8.41. The Balaban J connectivity index is 1.83. The molecule has 0 bridgehead atoms. The van der Waals surface area contributed by atoms with Gasteiger partial charge in [-0.3, -0.25) is 9.67 Å². The van der Waals surface area contributed by atoms with Crippen LogP contribution >= 0.6 is 35.4 Å². The maximum Gasteiger partial charge on any atom is 0.195 e. The molecule has 1 aromatic heterocycles. The summed E-state index contributed by atoms with van der Waals surface area (Å²) in [4.78, 5) is 0. The van der Waals surface area contributed by atoms with Crippen LogP contribution in [0.15, 0.2) is 48.5 Å². The maximum atomic E-state index is 6.03. The standard InChI is InChI=1S/C17H15Cl2N3OS/c1-11(23-13-7-8-14(18)15(19)9-13)16-20-21-17(24)22(16)10-12-5-3-2-4-6-12/h2-9,11H,10H2,1H3,(H,21,24)/t11-/m0/s1. The minimum absolute atomic E-state index is 0.307. The summed E-state index contributed by atoms with van der Waals surface area (Å²) in [5.74, 6) is 1.34. The van der Waals surface area contributed by atoms with Gasteiger partial charge in [0.15, 0.2) is 16.7 Å². The zero-order valence-corrected chi connectivity index (χ0v) is 15.2. The number of nitrogens with zero attached hydrogens (tertiary/aromatic N) is 2. The monoisotopic (exact) mass is 379 g/mol. The number of H-pyrrole nitrogens is 1. The second-order valence-electron chi connectivity index (χ2n) is 5.29. The summed E-state index contributed by atoms with van der Waals surface area (Å²) in [6, 6.07) is 15.2. The molecule has 2 aromatic carbocycles. The molecule has 3 rings (SSSR count). The first-order valence-electron chi connectivity index (χ1n) is 7.35. The maximum absolute atomic E-state index is 6.03. The molecule has 0 fully saturated rings. The van der Waals surface area contributed by atoms with Crippen LogP contribution in [0.5, 0.6) is 5.75 Å². The number of hydrogen-bond donors (Lipinski definition) is 1. The summed E-state index contributed by atoms with van der Waals surface area (Å²) in [5.41, 5.74) is 1.14. The van der Waals surface area contributed by atoms with Crippen LogP contribution in [0.4, 0.5) is 0 Å². The molecule has 0 spiro atoms. The fourth-order valence-corrected chi connectivity index (χ4v) is 2.86. The molecule has 0 aliphatic heterocycles. The van der Waals surface area contributed by atoms with Crippen LogP contribution in [-0.2, 0) is 6.54 Å². The van der Waals surface area contributed by atoms with Crippen LogP contribution in [0.2, 0.25) is 10.0 Å². The molecule has 124 valence electrons. The van der Waals surface area contributed by atoms with Crippen LogP contribution in [-0.4, -0.2) is 14.8 Å². The first kappa shape index (κ1) is 17.0. The molecule has 0 saturated heterocycles. The van der Waals surface area contributed by atoms with Crippen molar-refractivity contribution < 1.29 is 4.74 Å². The van der Waals surface area contributed by atoms with E-state index < -0.39 is 0 Å². The molecule has 0 aliphatic rings. The molecule has 0 amide bonds. The van der Waals surface area contributed by atoms with E-state index in [1.54, 1.807) is 18.2 Å². The number of aromatic amines is 1. The van der Waals surface area contributed by atoms with Gasteiger partial charge in [-0.05, 0) is 36.8 Å². The SMILES string of the molecule is C[C@H](Oc1ccc(Cl)c(Cl)c1)c1n[nH]c(=S)n1Cc1ccccc1. The Morgan fingerprint density at radius 1 is 1.17 bits per heavy atom. The Bertz CT molecular complexity index is 892. The predicted octanol–water partition coefficient (Wildman–Crippen LogP) is 5.44. The Kier molecular flexibility index (Phi) is 5.23. The number of benzene rings is 2. The lowest BCUT2D eigenvalue weighted by molar-refractivity contribution is 0.211. The van der Waals surface area contributed by atoms with Gasteiger partial charge in [0.1, 0.15) is 5.75 Å². The molecule has 3 aromatic rings. The van der Waals surface area contributed by atoms with Gasteiger partial charge in [-0.15, -0.1) is 0 Å². The zero-order valence-electron chi connectivity index (χ0n) is 12.9. The second-order valence-corrected chi connectivity index (χ2v) is 6.50. The van der Waals surface area contributed by atoms with Gasteiger partial charge in [0.2, 0.25) is 0 Å². The van der Waals surface area contributed by atoms with Crippen LogP contribution < -0.4 is 4.74 Å². The predicted molar refractivity (Wildman–Crippen MR) is 98.5 cm³/mol. The molecule has 1 heterocycles. The largest absolute Gasteiger partial charge is 0.483 e. The van der Waals surface area contributed by atoms with Gasteiger partial charge in [-0.2, -0.15) is 5.10 Å². The van der Waals surface area contributed by atoms with Gasteiger partial charge < -0.3 is 4.74 Å². The van der Waals surface area contributed by atoms with Gasteiger partial charge in [0.05, 0.1) is 16.6 Å². The van der Waals surface area contributed by atoms with Crippen LogP contribution in [0.25, 0.3) is 0 Å². The van der Waals surface area contributed by atoms with Crippen molar-refractivity contribution in [3.63, 3.8) is 0 Å². The highest BCUT2D eigenvalue weighted by molar-refractivity contribution is 7.71. The summed E-state index contributed by atoms with van der Waals surface area (Å²) in [6.07, 6.45) is -0.307. The van der Waals surface area contributed by atoms with Crippen molar-refractivity contribution >= 4 is 35.4 Å². The number of rotatable bonds is 5. The van der Waals surface area contributed by atoms with E-state index in [4.69, 9.17) is 40.2 Å². The van der Waals surface area contributed by atoms with Crippen molar-refractivity contribution in [2.24, 2.45) is 0 Å². The van der Waals surface area contributed by atoms with E-state index in [2.05, 4.69) is 10.2 Å². The van der Waals surface area contributed by atoms with E-state index in [1.165, 1.54) is 0 Å². The molecule has 0 aliphatic carbocycles. The van der Waals surface area contributed by atoms with E-state index in [-0.39, 0.29) is 6.10 Å². The smallest absolute Gasteiger partial charge is 0.195 e. The molecule has 0 unspecified atom stereocenters. The first-order valence-corrected chi connectivity index (χ1v) is 8.52. The van der Waals surface area contributed by atoms with Gasteiger partial charge in [0, 0.05) is 6.07 Å². The Hall–Kier alpha value is -1.82. The molecule has 4 nitrogen and oxygen atoms in total. The van der Waals surface area contributed by atoms with Crippen molar-refractivity contribution in [1.29, 1.82) is 0 Å². The second kappa shape index (κ2) is 7.38. The highest BCUT2D eigenvalue weighted by Gasteiger charge is 2.16. The summed E-state index contributed by atoms with van der Waals surface area (Å²) in [6.45, 7) is 2.54. The van der Waals surface area contributed by atoms with Gasteiger partial charge in [-0.25, -0.2) is 0 Å². The zero-order chi connectivity index (χ0) is 17.1. The van der Waals surface area contributed by atoms with Crippen LogP contribution in [0.1, 0.15) is 24.4 Å². The number of aromatic nitrogens is 3. The molecule has 7 heteroatoms. The lowest BCUT2D eigenvalue weighted by Crippen LogP contribution is -2.13. The topological polar surface area (TPSA) is 42.8 Å². The minimum atomic E-state index is -0.307. The third-order valence-electron chi connectivity index (χ3n) is 3.54. The summed E-state index contributed by atoms with van der Waals surface area (Å²) >= 11 is 17.3. The van der Waals surface area contributed by atoms with E-state index >= 15 is 0 Å². The summed E-state index contributed by atoms with van der Waals surface area (Å²) in [5, 5.41) is 8.08. The highest BCUT2D eigenvalue weighted by Crippen LogP contribution is 2.29. The van der Waals surface area contributed by atoms with Gasteiger partial charge in [-0.1, -0.05) is 53.5 Å². The van der Waals surface area contributed by atoms with Gasteiger partial charge >= 0.3 is 0 Å². The minimum Gasteiger partial charge on any atom is -0.483 e. The molecule has 0 saturated carbocycles. The van der Waals surface area contributed by atoms with Crippen LogP contribution in [0.3, 0.4) is 0 Å². The van der Waals surface area contributed by atoms with Crippen molar-refractivity contribution in [1.82, 2.24) is 14.8 Å². The fraction of sp³-hybridized carbons (Fsp3) is 0.176. The van der Waals surface area contributed by atoms with Crippen molar-refractivity contribution in [2.45, 2.75) is 19.6 Å². The average molecular weight is 380 g/mol. The van der Waals surface area contributed by atoms with E-state index in [9.17, 15) is 0 Å². The van der Waals surface area contributed by atoms with Crippen molar-refractivity contribution in [3.05, 3.63) is 74.7 Å². The highest BCUT2D eigenvalue weighted by atomic mass is 35.5. The molecule has 1 N–H and O–H groups in total. The average Bonchev–Trinajstić information content (AvgIpc) is 2.93. The van der Waals surface area contributed by atoms with E-state index in [0.717, 1.165) is 11.4 Å². The number of hydrogen-bond acceptors (Lipinski definition) is 3. The molecule has 24 heavy (non-hydrogen) atoms. The van der Waals surface area contributed by atoms with Gasteiger partial charge in [0.25, 0.3) is 0 Å². The third kappa shape index (κ3) is 3.80. The third-order valence-corrected chi connectivity index (χ3v) is 4.59. The molecule has 0 radical (unpaired) electrons. The molecular weight excluding hydrogens is 365 g/mol. The number of ether oxygens (including phenoxy) is 1. The van der Waals surface area contributed by atoms with E-state index in [0.29, 0.717) is 27.1 Å². The number of halogens is 2. The van der Waals surface area contributed by atoms with Crippen LogP contribution in [0, 0.1) is 4.77 Å². The lowest BCUT2D eigenvalue weighted by Gasteiger charge is -2.16.